The highest BCUT2D eigenvalue weighted by Gasteiger charge is 2.10. The van der Waals surface area contributed by atoms with Gasteiger partial charge in [0.1, 0.15) is 0 Å². The smallest absolute Gasteiger partial charge is 0.255 e. The number of hydrogen-bond donors (Lipinski definition) is 1. The van der Waals surface area contributed by atoms with Crippen LogP contribution in [0.4, 0.5) is 0 Å². The summed E-state index contributed by atoms with van der Waals surface area (Å²) >= 11 is 0. The van der Waals surface area contributed by atoms with Crippen LogP contribution >= 0.6 is 0 Å². The van der Waals surface area contributed by atoms with Crippen molar-refractivity contribution in [3.63, 3.8) is 0 Å². The topological polar surface area (TPSA) is 61.1 Å². The summed E-state index contributed by atoms with van der Waals surface area (Å²) in [7, 11) is 1.65. The third-order valence-electron chi connectivity index (χ3n) is 4.76. The van der Waals surface area contributed by atoms with Gasteiger partial charge in [-0.05, 0) is 50.4 Å². The zero-order valence-electron chi connectivity index (χ0n) is 16.6. The van der Waals surface area contributed by atoms with Gasteiger partial charge in [-0.25, -0.2) is 0 Å². The molecule has 3 rings (SSSR count). The van der Waals surface area contributed by atoms with E-state index in [0.29, 0.717) is 19.7 Å². The Balaban J connectivity index is 1.77. The van der Waals surface area contributed by atoms with Crippen molar-refractivity contribution < 1.29 is 4.74 Å². The van der Waals surface area contributed by atoms with Crippen LogP contribution in [0.1, 0.15) is 22.5 Å². The summed E-state index contributed by atoms with van der Waals surface area (Å²) < 4.78 is 8.99. The standard InChI is InChI=1S/C21H28N4O2/c1-15-5-6-20-18(11-15)13-19(21(26)24(20)9-10-27-4)14-22-7-8-25-17(3)12-16(2)23-25/h5-6,11-13,22H,7-10,14H2,1-4H3. The van der Waals surface area contributed by atoms with Crippen molar-refractivity contribution in [2.45, 2.75) is 40.4 Å². The number of nitrogens with one attached hydrogen (secondary N) is 1. The normalized spacial score (nSPS) is 11.4. The average molecular weight is 368 g/mol. The first-order valence-corrected chi connectivity index (χ1v) is 9.33. The number of ether oxygens (including phenoxy) is 1. The highest BCUT2D eigenvalue weighted by molar-refractivity contribution is 5.80. The summed E-state index contributed by atoms with van der Waals surface area (Å²) in [4.78, 5) is 12.9. The SMILES string of the molecule is COCCn1c(=O)c(CNCCn2nc(C)cc2C)cc2cc(C)ccc21. The molecule has 0 unspecified atom stereocenters. The lowest BCUT2D eigenvalue weighted by molar-refractivity contribution is 0.187. The van der Waals surface area contributed by atoms with E-state index in [1.807, 2.05) is 34.4 Å². The highest BCUT2D eigenvalue weighted by Crippen LogP contribution is 2.16. The van der Waals surface area contributed by atoms with Gasteiger partial charge in [-0.2, -0.15) is 5.10 Å². The molecule has 0 bridgehead atoms. The summed E-state index contributed by atoms with van der Waals surface area (Å²) in [6.45, 7) is 9.25. The van der Waals surface area contributed by atoms with Gasteiger partial charge in [-0.1, -0.05) is 11.6 Å². The molecule has 2 heterocycles. The molecule has 3 aromatic rings. The lowest BCUT2D eigenvalue weighted by Gasteiger charge is -2.14. The van der Waals surface area contributed by atoms with Crippen LogP contribution in [0.3, 0.4) is 0 Å². The predicted molar refractivity (Wildman–Crippen MR) is 108 cm³/mol. The number of pyridine rings is 1. The van der Waals surface area contributed by atoms with Crippen LogP contribution in [0.2, 0.25) is 0 Å². The van der Waals surface area contributed by atoms with Crippen LogP contribution in [-0.4, -0.2) is 34.6 Å². The van der Waals surface area contributed by atoms with E-state index in [4.69, 9.17) is 4.74 Å². The number of aryl methyl sites for hydroxylation is 3. The second kappa shape index (κ2) is 8.50. The van der Waals surface area contributed by atoms with Crippen molar-refractivity contribution in [2.24, 2.45) is 0 Å². The third kappa shape index (κ3) is 4.46. The maximum absolute atomic E-state index is 12.9. The summed E-state index contributed by atoms with van der Waals surface area (Å²) in [6.07, 6.45) is 0. The summed E-state index contributed by atoms with van der Waals surface area (Å²) in [5.74, 6) is 0. The van der Waals surface area contributed by atoms with Crippen molar-refractivity contribution >= 4 is 10.9 Å². The van der Waals surface area contributed by atoms with Gasteiger partial charge in [0.2, 0.25) is 0 Å². The van der Waals surface area contributed by atoms with Crippen LogP contribution in [0, 0.1) is 20.8 Å². The van der Waals surface area contributed by atoms with E-state index < -0.39 is 0 Å². The average Bonchev–Trinajstić information content (AvgIpc) is 2.95. The fourth-order valence-corrected chi connectivity index (χ4v) is 3.41. The fourth-order valence-electron chi connectivity index (χ4n) is 3.41. The third-order valence-corrected chi connectivity index (χ3v) is 4.76. The molecule has 0 saturated carbocycles. The van der Waals surface area contributed by atoms with E-state index in [0.717, 1.165) is 40.9 Å². The maximum Gasteiger partial charge on any atom is 0.255 e. The van der Waals surface area contributed by atoms with E-state index in [1.54, 1.807) is 7.11 Å². The van der Waals surface area contributed by atoms with Gasteiger partial charge < -0.3 is 14.6 Å². The molecule has 0 aliphatic carbocycles. The van der Waals surface area contributed by atoms with Crippen molar-refractivity contribution in [2.75, 3.05) is 20.3 Å². The molecule has 0 saturated heterocycles. The van der Waals surface area contributed by atoms with Gasteiger partial charge in [0.25, 0.3) is 5.56 Å². The van der Waals surface area contributed by atoms with Gasteiger partial charge in [0.15, 0.2) is 0 Å². The van der Waals surface area contributed by atoms with Gasteiger partial charge >= 0.3 is 0 Å². The molecule has 0 aliphatic rings. The Morgan fingerprint density at radius 1 is 1.11 bits per heavy atom. The lowest BCUT2D eigenvalue weighted by atomic mass is 10.1. The second-order valence-electron chi connectivity index (χ2n) is 7.01. The second-order valence-corrected chi connectivity index (χ2v) is 7.01. The minimum absolute atomic E-state index is 0.0435. The number of hydrogen-bond acceptors (Lipinski definition) is 4. The molecule has 0 spiro atoms. The van der Waals surface area contributed by atoms with Crippen LogP contribution in [0.25, 0.3) is 10.9 Å². The minimum atomic E-state index is 0.0435. The molecule has 0 fully saturated rings. The Kier molecular flexibility index (Phi) is 6.08. The maximum atomic E-state index is 12.9. The molecule has 1 N–H and O–H groups in total. The monoisotopic (exact) mass is 368 g/mol. The largest absolute Gasteiger partial charge is 0.383 e. The number of aromatic nitrogens is 3. The van der Waals surface area contributed by atoms with Crippen LogP contribution in [-0.2, 0) is 24.4 Å². The van der Waals surface area contributed by atoms with E-state index >= 15 is 0 Å². The minimum Gasteiger partial charge on any atom is -0.383 e. The fraction of sp³-hybridized carbons (Fsp3) is 0.429. The van der Waals surface area contributed by atoms with Gasteiger partial charge in [0, 0.05) is 38.0 Å². The number of fused-ring (bicyclic) bond motifs is 1. The van der Waals surface area contributed by atoms with Gasteiger partial charge in [-0.15, -0.1) is 0 Å². The van der Waals surface area contributed by atoms with E-state index in [9.17, 15) is 4.79 Å². The first kappa shape index (κ1) is 19.3. The van der Waals surface area contributed by atoms with Crippen molar-refractivity contribution in [1.82, 2.24) is 19.7 Å². The molecule has 27 heavy (non-hydrogen) atoms. The van der Waals surface area contributed by atoms with Gasteiger partial charge in [0.05, 0.1) is 24.4 Å². The Bertz CT molecular complexity index is 988. The number of rotatable bonds is 8. The molecule has 0 amide bonds. The molecule has 0 radical (unpaired) electrons. The van der Waals surface area contributed by atoms with E-state index in [-0.39, 0.29) is 5.56 Å². The zero-order chi connectivity index (χ0) is 19.4. The number of methoxy groups -OCH3 is 1. The van der Waals surface area contributed by atoms with E-state index in [2.05, 4.69) is 36.4 Å². The first-order valence-electron chi connectivity index (χ1n) is 9.33. The molecular formula is C21H28N4O2. The molecule has 6 heteroatoms. The Morgan fingerprint density at radius 2 is 1.93 bits per heavy atom. The molecule has 6 nitrogen and oxygen atoms in total. The summed E-state index contributed by atoms with van der Waals surface area (Å²) in [5, 5.41) is 8.94. The molecule has 0 aliphatic heterocycles. The summed E-state index contributed by atoms with van der Waals surface area (Å²) in [6, 6.07) is 10.3. The first-order chi connectivity index (χ1) is 13.0. The number of nitrogens with zero attached hydrogens (tertiary/aromatic N) is 3. The van der Waals surface area contributed by atoms with E-state index in [1.165, 1.54) is 5.56 Å². The van der Waals surface area contributed by atoms with Crippen molar-refractivity contribution in [3.05, 3.63) is 63.2 Å². The van der Waals surface area contributed by atoms with Crippen molar-refractivity contribution in [3.8, 4) is 0 Å². The molecule has 2 aromatic heterocycles. The molecule has 0 atom stereocenters. The quantitative estimate of drug-likeness (QED) is 0.621. The van der Waals surface area contributed by atoms with Crippen LogP contribution in [0.5, 0.6) is 0 Å². The molecule has 1 aromatic carbocycles. The Morgan fingerprint density at radius 3 is 2.63 bits per heavy atom. The number of benzene rings is 1. The van der Waals surface area contributed by atoms with Crippen LogP contribution < -0.4 is 10.9 Å². The predicted octanol–water partition coefficient (Wildman–Crippen LogP) is 2.56. The zero-order valence-corrected chi connectivity index (χ0v) is 16.6. The van der Waals surface area contributed by atoms with Crippen LogP contribution in [0.15, 0.2) is 35.1 Å². The summed E-state index contributed by atoms with van der Waals surface area (Å²) in [5.41, 5.74) is 5.13. The Hall–Kier alpha value is -2.44. The van der Waals surface area contributed by atoms with Crippen molar-refractivity contribution in [1.29, 1.82) is 0 Å². The lowest BCUT2D eigenvalue weighted by Crippen LogP contribution is -2.30. The highest BCUT2D eigenvalue weighted by atomic mass is 16.5. The molecular weight excluding hydrogens is 340 g/mol. The van der Waals surface area contributed by atoms with Gasteiger partial charge in [-0.3, -0.25) is 9.48 Å². The Labute approximate surface area is 159 Å². The molecule has 144 valence electrons.